The van der Waals surface area contributed by atoms with Crippen LogP contribution in [0.4, 0.5) is 0 Å². The zero-order valence-electron chi connectivity index (χ0n) is 12.9. The molecule has 0 radical (unpaired) electrons. The van der Waals surface area contributed by atoms with E-state index in [1.807, 2.05) is 73.7 Å². The van der Waals surface area contributed by atoms with E-state index in [0.717, 1.165) is 21.9 Å². The van der Waals surface area contributed by atoms with Crippen LogP contribution in [0.25, 0.3) is 10.8 Å². The summed E-state index contributed by atoms with van der Waals surface area (Å²) in [5, 5.41) is 11.5. The largest absolute Gasteiger partial charge is 0.478 e. The van der Waals surface area contributed by atoms with Crippen molar-refractivity contribution < 1.29 is 14.6 Å². The van der Waals surface area contributed by atoms with E-state index in [4.69, 9.17) is 4.74 Å². The molecule has 0 saturated heterocycles. The smallest absolute Gasteiger partial charge is 0.345 e. The van der Waals surface area contributed by atoms with E-state index >= 15 is 0 Å². The Labute approximate surface area is 135 Å². The highest BCUT2D eigenvalue weighted by molar-refractivity contribution is 5.88. The zero-order valence-corrected chi connectivity index (χ0v) is 12.9. The van der Waals surface area contributed by atoms with Gasteiger partial charge in [0.25, 0.3) is 0 Å². The van der Waals surface area contributed by atoms with Crippen molar-refractivity contribution in [1.82, 2.24) is 0 Å². The first kappa shape index (κ1) is 15.1. The van der Waals surface area contributed by atoms with Crippen molar-refractivity contribution in [2.24, 2.45) is 0 Å². The first-order chi connectivity index (χ1) is 11.1. The van der Waals surface area contributed by atoms with Gasteiger partial charge < -0.3 is 9.84 Å². The molecule has 0 aliphatic rings. The molecular weight excluding hydrogens is 288 g/mol. The van der Waals surface area contributed by atoms with Gasteiger partial charge >= 0.3 is 5.97 Å². The van der Waals surface area contributed by atoms with Gasteiger partial charge in [-0.3, -0.25) is 0 Å². The summed E-state index contributed by atoms with van der Waals surface area (Å²) in [4.78, 5) is 11.6. The Morgan fingerprint density at radius 2 is 1.78 bits per heavy atom. The second-order valence-corrected chi connectivity index (χ2v) is 5.62. The van der Waals surface area contributed by atoms with Gasteiger partial charge in [-0.15, -0.1) is 0 Å². The van der Waals surface area contributed by atoms with Crippen molar-refractivity contribution in [3.05, 3.63) is 77.9 Å². The average Bonchev–Trinajstić information content (AvgIpc) is 2.54. The van der Waals surface area contributed by atoms with E-state index in [1.54, 1.807) is 0 Å². The van der Waals surface area contributed by atoms with Crippen LogP contribution in [-0.4, -0.2) is 17.2 Å². The molecular formula is C20H18O3. The van der Waals surface area contributed by atoms with Gasteiger partial charge in [-0.2, -0.15) is 0 Å². The second kappa shape index (κ2) is 6.53. The number of aliphatic carboxylic acids is 1. The summed E-state index contributed by atoms with van der Waals surface area (Å²) < 4.78 is 5.83. The van der Waals surface area contributed by atoms with Crippen LogP contribution >= 0.6 is 0 Å². The lowest BCUT2D eigenvalue weighted by Gasteiger charge is -2.17. The van der Waals surface area contributed by atoms with E-state index in [0.29, 0.717) is 12.2 Å². The maximum Gasteiger partial charge on any atom is 0.345 e. The first-order valence-electron chi connectivity index (χ1n) is 7.56. The van der Waals surface area contributed by atoms with Crippen LogP contribution < -0.4 is 4.74 Å². The van der Waals surface area contributed by atoms with Gasteiger partial charge in [0.15, 0.2) is 6.10 Å². The van der Waals surface area contributed by atoms with Gasteiger partial charge in [0.1, 0.15) is 5.75 Å². The Morgan fingerprint density at radius 1 is 1.04 bits per heavy atom. The highest BCUT2D eigenvalue weighted by Crippen LogP contribution is 2.26. The van der Waals surface area contributed by atoms with Crippen molar-refractivity contribution in [1.29, 1.82) is 0 Å². The molecule has 0 heterocycles. The summed E-state index contributed by atoms with van der Waals surface area (Å²) in [6.07, 6.45) is -0.581. The minimum absolute atomic E-state index is 0.334. The molecule has 0 aromatic heterocycles. The number of benzene rings is 3. The molecule has 1 N–H and O–H groups in total. The van der Waals surface area contributed by atoms with Gasteiger partial charge in [0.05, 0.1) is 0 Å². The molecule has 0 bridgehead atoms. The Morgan fingerprint density at radius 3 is 2.57 bits per heavy atom. The molecule has 0 fully saturated rings. The molecule has 23 heavy (non-hydrogen) atoms. The van der Waals surface area contributed by atoms with Gasteiger partial charge in [-0.25, -0.2) is 4.79 Å². The molecule has 3 aromatic carbocycles. The van der Waals surface area contributed by atoms with Gasteiger partial charge in [-0.1, -0.05) is 66.2 Å². The van der Waals surface area contributed by atoms with Crippen LogP contribution in [0, 0.1) is 6.92 Å². The van der Waals surface area contributed by atoms with Crippen molar-refractivity contribution in [3.8, 4) is 5.75 Å². The fraction of sp³-hybridized carbons (Fsp3) is 0.150. The minimum atomic E-state index is -0.959. The SMILES string of the molecule is Cc1cccc(C[C@@H](Oc2cccc3ccccc23)C(=O)O)c1. The highest BCUT2D eigenvalue weighted by atomic mass is 16.5. The van der Waals surface area contributed by atoms with Gasteiger partial charge in [-0.05, 0) is 23.9 Å². The van der Waals surface area contributed by atoms with Crippen molar-refractivity contribution in [2.75, 3.05) is 0 Å². The number of hydrogen-bond donors (Lipinski definition) is 1. The summed E-state index contributed by atoms with van der Waals surface area (Å²) in [5.41, 5.74) is 2.06. The second-order valence-electron chi connectivity index (χ2n) is 5.62. The maximum absolute atomic E-state index is 11.6. The topological polar surface area (TPSA) is 46.5 Å². The number of carboxylic acid groups (broad SMARTS) is 1. The van der Waals surface area contributed by atoms with Crippen LogP contribution in [0.1, 0.15) is 11.1 Å². The van der Waals surface area contributed by atoms with Gasteiger partial charge in [0.2, 0.25) is 0 Å². The molecule has 3 heteroatoms. The summed E-state index contributed by atoms with van der Waals surface area (Å²) in [6, 6.07) is 21.3. The third-order valence-electron chi connectivity index (χ3n) is 3.80. The van der Waals surface area contributed by atoms with Crippen molar-refractivity contribution in [2.45, 2.75) is 19.4 Å². The fourth-order valence-electron chi connectivity index (χ4n) is 2.68. The number of carbonyl (C=O) groups is 1. The van der Waals surface area contributed by atoms with Crippen molar-refractivity contribution in [3.63, 3.8) is 0 Å². The normalized spacial score (nSPS) is 12.0. The Bertz CT molecular complexity index is 834. The summed E-state index contributed by atoms with van der Waals surface area (Å²) >= 11 is 0. The minimum Gasteiger partial charge on any atom is -0.478 e. The summed E-state index contributed by atoms with van der Waals surface area (Å²) in [7, 11) is 0. The molecule has 0 saturated carbocycles. The number of aryl methyl sites for hydroxylation is 1. The average molecular weight is 306 g/mol. The number of carboxylic acids is 1. The molecule has 116 valence electrons. The fourth-order valence-corrected chi connectivity index (χ4v) is 2.68. The van der Waals surface area contributed by atoms with Crippen molar-refractivity contribution >= 4 is 16.7 Å². The Kier molecular flexibility index (Phi) is 4.29. The molecule has 0 amide bonds. The van der Waals surface area contributed by atoms with E-state index in [1.165, 1.54) is 0 Å². The van der Waals surface area contributed by atoms with Crippen LogP contribution in [0.3, 0.4) is 0 Å². The standard InChI is InChI=1S/C20H18O3/c1-14-6-4-7-15(12-14)13-19(20(21)22)23-18-11-5-9-16-8-2-3-10-17(16)18/h2-12,19H,13H2,1H3,(H,21,22)/t19-/m1/s1. The molecule has 3 rings (SSSR count). The zero-order chi connectivity index (χ0) is 16.2. The van der Waals surface area contributed by atoms with E-state index in [2.05, 4.69) is 0 Å². The van der Waals surface area contributed by atoms with Crippen LogP contribution in [0.2, 0.25) is 0 Å². The lowest BCUT2D eigenvalue weighted by Crippen LogP contribution is -2.29. The first-order valence-corrected chi connectivity index (χ1v) is 7.56. The van der Waals surface area contributed by atoms with E-state index < -0.39 is 12.1 Å². The number of fused-ring (bicyclic) bond motifs is 1. The quantitative estimate of drug-likeness (QED) is 0.767. The monoisotopic (exact) mass is 306 g/mol. The van der Waals surface area contributed by atoms with Crippen LogP contribution in [0.15, 0.2) is 66.7 Å². The molecule has 0 spiro atoms. The van der Waals surface area contributed by atoms with E-state index in [-0.39, 0.29) is 0 Å². The third kappa shape index (κ3) is 3.51. The molecule has 0 unspecified atom stereocenters. The van der Waals surface area contributed by atoms with Gasteiger partial charge in [0, 0.05) is 11.8 Å². The lowest BCUT2D eigenvalue weighted by atomic mass is 10.1. The third-order valence-corrected chi connectivity index (χ3v) is 3.80. The molecule has 3 aromatic rings. The van der Waals surface area contributed by atoms with Crippen LogP contribution in [-0.2, 0) is 11.2 Å². The predicted octanol–water partition coefficient (Wildman–Crippen LogP) is 4.22. The predicted molar refractivity (Wildman–Crippen MR) is 90.9 cm³/mol. The van der Waals surface area contributed by atoms with E-state index in [9.17, 15) is 9.90 Å². The van der Waals surface area contributed by atoms with Crippen LogP contribution in [0.5, 0.6) is 5.75 Å². The molecule has 0 aliphatic heterocycles. The molecule has 1 atom stereocenters. The summed E-state index contributed by atoms with van der Waals surface area (Å²) in [5.74, 6) is -0.359. The number of ether oxygens (including phenoxy) is 1. The maximum atomic E-state index is 11.6. The Balaban J connectivity index is 1.88. The number of rotatable bonds is 5. The highest BCUT2D eigenvalue weighted by Gasteiger charge is 2.21. The summed E-state index contributed by atoms with van der Waals surface area (Å²) in [6.45, 7) is 1.99. The molecule has 3 nitrogen and oxygen atoms in total. The molecule has 0 aliphatic carbocycles. The lowest BCUT2D eigenvalue weighted by molar-refractivity contribution is -0.144. The number of hydrogen-bond acceptors (Lipinski definition) is 2. The Hall–Kier alpha value is -2.81.